The van der Waals surface area contributed by atoms with Crippen molar-refractivity contribution in [1.82, 2.24) is 5.32 Å². The van der Waals surface area contributed by atoms with E-state index < -0.39 is 17.4 Å². The first-order valence-corrected chi connectivity index (χ1v) is 7.26. The number of esters is 1. The van der Waals surface area contributed by atoms with Crippen LogP contribution in [0.3, 0.4) is 0 Å². The average molecular weight is 301 g/mol. The first kappa shape index (κ1) is 15.8. The van der Waals surface area contributed by atoms with Crippen molar-refractivity contribution in [3.8, 4) is 6.07 Å². The highest BCUT2D eigenvalue weighted by molar-refractivity contribution is 5.96. The van der Waals surface area contributed by atoms with E-state index in [1.165, 1.54) is 0 Å². The van der Waals surface area contributed by atoms with E-state index in [-0.39, 0.29) is 6.61 Å². The molecule has 0 spiro atoms. The topological polar surface area (TPSA) is 91.2 Å². The number of nitriles is 1. The molecular weight excluding hydrogens is 282 g/mol. The number of nitrogens with one attached hydrogen (secondary N) is 2. The van der Waals surface area contributed by atoms with Crippen molar-refractivity contribution in [2.24, 2.45) is 0 Å². The third-order valence-corrected chi connectivity index (χ3v) is 3.80. The summed E-state index contributed by atoms with van der Waals surface area (Å²) in [6.07, 6.45) is 3.13. The summed E-state index contributed by atoms with van der Waals surface area (Å²) in [4.78, 5) is 23.9. The number of carbonyl (C=O) groups excluding carboxylic acids is 2. The minimum absolute atomic E-state index is 0.369. The molecule has 0 saturated heterocycles. The second kappa shape index (κ2) is 6.94. The van der Waals surface area contributed by atoms with Gasteiger partial charge < -0.3 is 15.4 Å². The Morgan fingerprint density at radius 2 is 2.00 bits per heavy atom. The van der Waals surface area contributed by atoms with Crippen molar-refractivity contribution in [2.45, 2.75) is 31.2 Å². The van der Waals surface area contributed by atoms with Crippen molar-refractivity contribution in [3.05, 3.63) is 29.8 Å². The summed E-state index contributed by atoms with van der Waals surface area (Å²) in [5.41, 5.74) is 0.206. The SMILES string of the molecule is CNc1ccccc1C(=O)OCC(=O)NC1(C#N)CCCC1. The van der Waals surface area contributed by atoms with E-state index in [0.29, 0.717) is 24.1 Å². The van der Waals surface area contributed by atoms with Crippen molar-refractivity contribution < 1.29 is 14.3 Å². The van der Waals surface area contributed by atoms with Crippen LogP contribution >= 0.6 is 0 Å². The number of anilines is 1. The van der Waals surface area contributed by atoms with E-state index in [9.17, 15) is 14.9 Å². The molecule has 2 N–H and O–H groups in total. The van der Waals surface area contributed by atoms with E-state index in [1.807, 2.05) is 0 Å². The quantitative estimate of drug-likeness (QED) is 0.810. The minimum atomic E-state index is -0.799. The van der Waals surface area contributed by atoms with Gasteiger partial charge in [-0.1, -0.05) is 12.1 Å². The lowest BCUT2D eigenvalue weighted by Crippen LogP contribution is -2.46. The maximum atomic E-state index is 12.0. The molecule has 1 aliphatic carbocycles. The Hall–Kier alpha value is -2.55. The number of nitrogens with zero attached hydrogens (tertiary/aromatic N) is 1. The summed E-state index contributed by atoms with van der Waals surface area (Å²) in [6.45, 7) is -0.389. The molecule has 1 fully saturated rings. The van der Waals surface area contributed by atoms with E-state index in [0.717, 1.165) is 12.8 Å². The molecule has 6 heteroatoms. The number of benzene rings is 1. The molecule has 0 atom stereocenters. The Bertz CT molecular complexity index is 601. The van der Waals surface area contributed by atoms with Crippen LogP contribution in [0.2, 0.25) is 0 Å². The molecule has 0 aromatic heterocycles. The monoisotopic (exact) mass is 301 g/mol. The largest absolute Gasteiger partial charge is 0.452 e. The van der Waals surface area contributed by atoms with Gasteiger partial charge in [0.1, 0.15) is 5.54 Å². The van der Waals surface area contributed by atoms with Crippen LogP contribution in [0.25, 0.3) is 0 Å². The maximum Gasteiger partial charge on any atom is 0.340 e. The molecule has 1 saturated carbocycles. The molecule has 116 valence electrons. The summed E-state index contributed by atoms with van der Waals surface area (Å²) in [7, 11) is 1.70. The fraction of sp³-hybridized carbons (Fsp3) is 0.438. The van der Waals surface area contributed by atoms with E-state index in [2.05, 4.69) is 16.7 Å². The van der Waals surface area contributed by atoms with E-state index >= 15 is 0 Å². The lowest BCUT2D eigenvalue weighted by Gasteiger charge is -2.21. The Morgan fingerprint density at radius 3 is 2.64 bits per heavy atom. The lowest BCUT2D eigenvalue weighted by molar-refractivity contribution is -0.125. The third-order valence-electron chi connectivity index (χ3n) is 3.80. The highest BCUT2D eigenvalue weighted by atomic mass is 16.5. The van der Waals surface area contributed by atoms with Crippen LogP contribution in [0.4, 0.5) is 5.69 Å². The van der Waals surface area contributed by atoms with Gasteiger partial charge in [0.2, 0.25) is 0 Å². The van der Waals surface area contributed by atoms with Gasteiger partial charge in [0.25, 0.3) is 5.91 Å². The number of ether oxygens (including phenoxy) is 1. The molecule has 22 heavy (non-hydrogen) atoms. The lowest BCUT2D eigenvalue weighted by atomic mass is 10.00. The summed E-state index contributed by atoms with van der Waals surface area (Å²) in [6, 6.07) is 9.06. The van der Waals surface area contributed by atoms with Gasteiger partial charge in [0, 0.05) is 12.7 Å². The van der Waals surface area contributed by atoms with Crippen molar-refractivity contribution in [2.75, 3.05) is 19.0 Å². The number of carbonyl (C=O) groups is 2. The molecule has 1 aromatic rings. The van der Waals surface area contributed by atoms with Crippen molar-refractivity contribution in [3.63, 3.8) is 0 Å². The van der Waals surface area contributed by atoms with Crippen LogP contribution in [-0.4, -0.2) is 31.1 Å². The van der Waals surface area contributed by atoms with Gasteiger partial charge in [-0.2, -0.15) is 5.26 Å². The van der Waals surface area contributed by atoms with Gasteiger partial charge in [0.05, 0.1) is 11.6 Å². The summed E-state index contributed by atoms with van der Waals surface area (Å²) in [5.74, 6) is -1.02. The first-order valence-electron chi connectivity index (χ1n) is 7.26. The minimum Gasteiger partial charge on any atom is -0.452 e. The molecule has 0 radical (unpaired) electrons. The van der Waals surface area contributed by atoms with Crippen molar-refractivity contribution in [1.29, 1.82) is 5.26 Å². The Balaban J connectivity index is 1.91. The third kappa shape index (κ3) is 3.55. The van der Waals surface area contributed by atoms with E-state index in [1.54, 1.807) is 31.3 Å². The fourth-order valence-corrected chi connectivity index (χ4v) is 2.63. The summed E-state index contributed by atoms with van der Waals surface area (Å²) >= 11 is 0. The molecule has 1 amide bonds. The Morgan fingerprint density at radius 1 is 1.32 bits per heavy atom. The van der Waals surface area contributed by atoms with Crippen LogP contribution in [0.5, 0.6) is 0 Å². The molecule has 0 heterocycles. The zero-order chi connectivity index (χ0) is 16.0. The zero-order valence-electron chi connectivity index (χ0n) is 12.5. The molecule has 0 aliphatic heterocycles. The molecule has 1 aliphatic rings. The van der Waals surface area contributed by atoms with Gasteiger partial charge in [-0.3, -0.25) is 4.79 Å². The molecule has 2 rings (SSSR count). The molecule has 1 aromatic carbocycles. The van der Waals surface area contributed by atoms with Crippen LogP contribution in [0, 0.1) is 11.3 Å². The van der Waals surface area contributed by atoms with Gasteiger partial charge >= 0.3 is 5.97 Å². The van der Waals surface area contributed by atoms with E-state index in [4.69, 9.17) is 4.74 Å². The van der Waals surface area contributed by atoms with Crippen LogP contribution in [0.15, 0.2) is 24.3 Å². The summed E-state index contributed by atoms with van der Waals surface area (Å²) < 4.78 is 5.03. The van der Waals surface area contributed by atoms with Gasteiger partial charge in [-0.05, 0) is 37.8 Å². The molecule has 0 bridgehead atoms. The highest BCUT2D eigenvalue weighted by Crippen LogP contribution is 2.28. The first-order chi connectivity index (χ1) is 10.6. The Kier molecular flexibility index (Phi) is 4.99. The molecular formula is C16H19N3O3. The Labute approximate surface area is 129 Å². The number of para-hydroxylation sites is 1. The summed E-state index contributed by atoms with van der Waals surface area (Å²) in [5, 5.41) is 14.8. The average Bonchev–Trinajstić information content (AvgIpc) is 3.01. The highest BCUT2D eigenvalue weighted by Gasteiger charge is 2.35. The second-order valence-electron chi connectivity index (χ2n) is 5.32. The van der Waals surface area contributed by atoms with Crippen LogP contribution in [-0.2, 0) is 9.53 Å². The number of hydrogen-bond acceptors (Lipinski definition) is 5. The van der Waals surface area contributed by atoms with Crippen molar-refractivity contribution >= 4 is 17.6 Å². The van der Waals surface area contributed by atoms with Gasteiger partial charge in [0.15, 0.2) is 6.61 Å². The number of rotatable bonds is 5. The smallest absolute Gasteiger partial charge is 0.340 e. The van der Waals surface area contributed by atoms with Crippen LogP contribution < -0.4 is 10.6 Å². The van der Waals surface area contributed by atoms with Gasteiger partial charge in [-0.15, -0.1) is 0 Å². The van der Waals surface area contributed by atoms with Gasteiger partial charge in [-0.25, -0.2) is 4.79 Å². The molecule has 6 nitrogen and oxygen atoms in total. The zero-order valence-corrected chi connectivity index (χ0v) is 12.5. The molecule has 0 unspecified atom stereocenters. The van der Waals surface area contributed by atoms with Crippen LogP contribution in [0.1, 0.15) is 36.0 Å². The number of hydrogen-bond donors (Lipinski definition) is 2. The predicted molar refractivity (Wildman–Crippen MR) is 81.2 cm³/mol. The normalized spacial score (nSPS) is 15.6. The maximum absolute atomic E-state index is 12.0. The predicted octanol–water partition coefficient (Wildman–Crippen LogP) is 1.84. The second-order valence-corrected chi connectivity index (χ2v) is 5.32. The number of amides is 1. The fourth-order valence-electron chi connectivity index (χ4n) is 2.63. The standard InChI is InChI=1S/C16H19N3O3/c1-18-13-7-3-2-6-12(13)15(21)22-10-14(20)19-16(11-17)8-4-5-9-16/h2-3,6-7,18H,4-5,8-10H2,1H3,(H,19,20).